The van der Waals surface area contributed by atoms with Crippen molar-refractivity contribution in [3.05, 3.63) is 82.0 Å². The quantitative estimate of drug-likeness (QED) is 0.0881. The molecule has 1 saturated heterocycles. The van der Waals surface area contributed by atoms with Gasteiger partial charge >= 0.3 is 18.0 Å². The predicted octanol–water partition coefficient (Wildman–Crippen LogP) is 3.31. The molecule has 13 heteroatoms. The molecule has 1 aliphatic rings. The summed E-state index contributed by atoms with van der Waals surface area (Å²) in [7, 11) is 0. The van der Waals surface area contributed by atoms with Crippen molar-refractivity contribution in [3.63, 3.8) is 0 Å². The number of rotatable bonds is 12. The molecule has 0 aliphatic carbocycles. The second kappa shape index (κ2) is 13.7. The summed E-state index contributed by atoms with van der Waals surface area (Å²) >= 11 is 0. The van der Waals surface area contributed by atoms with Crippen molar-refractivity contribution in [2.24, 2.45) is 0 Å². The lowest BCUT2D eigenvalue weighted by atomic mass is 10.1. The van der Waals surface area contributed by atoms with Gasteiger partial charge in [0, 0.05) is 44.4 Å². The van der Waals surface area contributed by atoms with Gasteiger partial charge in [-0.2, -0.15) is 0 Å². The van der Waals surface area contributed by atoms with Crippen molar-refractivity contribution < 1.29 is 38.3 Å². The minimum absolute atomic E-state index is 0.135. The fraction of sp³-hybridized carbons (Fsp3) is 0.333. The summed E-state index contributed by atoms with van der Waals surface area (Å²) in [6.45, 7) is 3.26. The van der Waals surface area contributed by atoms with Crippen LogP contribution < -0.4 is 16.0 Å². The molecule has 2 aromatic rings. The molecule has 0 spiro atoms. The van der Waals surface area contributed by atoms with Gasteiger partial charge in [-0.1, -0.05) is 30.3 Å². The van der Waals surface area contributed by atoms with E-state index in [1.807, 2.05) is 30.3 Å². The van der Waals surface area contributed by atoms with Crippen molar-refractivity contribution in [3.8, 4) is 0 Å². The number of benzene rings is 2. The zero-order chi connectivity index (χ0) is 29.1. The Bertz CT molecular complexity index is 1240. The number of esters is 2. The van der Waals surface area contributed by atoms with Crippen LogP contribution in [-0.4, -0.2) is 47.2 Å². The van der Waals surface area contributed by atoms with Gasteiger partial charge in [0.25, 0.3) is 11.5 Å². The fourth-order valence-electron chi connectivity index (χ4n) is 3.59. The molecule has 3 N–H and O–H groups in total. The minimum atomic E-state index is -1.41. The van der Waals surface area contributed by atoms with E-state index in [-0.39, 0.29) is 18.7 Å². The molecular weight excluding hydrogens is 524 g/mol. The molecule has 1 atom stereocenters. The average Bonchev–Trinajstić information content (AvgIpc) is 2.90. The van der Waals surface area contributed by atoms with Gasteiger partial charge < -0.3 is 30.2 Å². The van der Waals surface area contributed by atoms with E-state index < -0.39 is 46.3 Å². The lowest BCUT2D eigenvalue weighted by Gasteiger charge is -2.30. The second-order valence-electron chi connectivity index (χ2n) is 9.23. The molecule has 13 nitrogen and oxygen atoms in total. The minimum Gasteiger partial charge on any atom is -0.445 e. The van der Waals surface area contributed by atoms with Gasteiger partial charge in [-0.25, -0.2) is 14.4 Å². The lowest BCUT2D eigenvalue weighted by molar-refractivity contribution is -0.384. The maximum Gasteiger partial charge on any atom is 0.407 e. The molecule has 0 aromatic heterocycles. The average molecular weight is 555 g/mol. The Kier molecular flexibility index (Phi) is 10.2. The molecular formula is C27H30N4O9. The summed E-state index contributed by atoms with van der Waals surface area (Å²) in [4.78, 5) is 59.7. The zero-order valence-electron chi connectivity index (χ0n) is 22.0. The monoisotopic (exact) mass is 554 g/mol. The molecule has 0 radical (unpaired) electrons. The zero-order valence-corrected chi connectivity index (χ0v) is 22.0. The Labute approximate surface area is 230 Å². The summed E-state index contributed by atoms with van der Waals surface area (Å²) in [5.74, 6) is -3.73. The molecule has 1 aliphatic heterocycles. The van der Waals surface area contributed by atoms with Crippen molar-refractivity contribution >= 4 is 35.3 Å². The summed E-state index contributed by atoms with van der Waals surface area (Å²) in [6.07, 6.45) is 1.71. The standard InChI is InChI=1S/C27H30N4O9/c1-27(2)39-24(33)21(25(34)40-27)16-29-22(23(32)30-19-11-13-20(14-12-19)31(36)37)10-6-7-15-28-26(35)38-17-18-8-4-3-5-9-18/h3-5,8-9,11-14,16,22,29H,6-7,10,15,17H2,1-2H3,(H,28,35)(H,30,32)/t22-/m0/s1. The van der Waals surface area contributed by atoms with Crippen molar-refractivity contribution in [2.45, 2.75) is 51.5 Å². The van der Waals surface area contributed by atoms with Crippen molar-refractivity contribution in [1.29, 1.82) is 0 Å². The highest BCUT2D eigenvalue weighted by Crippen LogP contribution is 2.22. The van der Waals surface area contributed by atoms with E-state index in [1.54, 1.807) is 0 Å². The van der Waals surface area contributed by atoms with Crippen LogP contribution in [-0.2, 0) is 35.2 Å². The second-order valence-corrected chi connectivity index (χ2v) is 9.23. The number of nitrogens with one attached hydrogen (secondary N) is 3. The first-order valence-electron chi connectivity index (χ1n) is 12.5. The van der Waals surface area contributed by atoms with Crippen molar-refractivity contribution in [2.75, 3.05) is 11.9 Å². The topological polar surface area (TPSA) is 175 Å². The predicted molar refractivity (Wildman–Crippen MR) is 141 cm³/mol. The number of carbonyl (C=O) groups excluding carboxylic acids is 4. The number of non-ortho nitro benzene ring substituents is 1. The van der Waals surface area contributed by atoms with E-state index in [2.05, 4.69) is 16.0 Å². The van der Waals surface area contributed by atoms with Gasteiger partial charge in [0.15, 0.2) is 5.57 Å². The van der Waals surface area contributed by atoms with Gasteiger partial charge in [0.05, 0.1) is 4.92 Å². The Hall–Kier alpha value is -4.94. The SMILES string of the molecule is CC1(C)OC(=O)C(=CN[C@@H](CCCCNC(=O)OCc2ccccc2)C(=O)Nc2ccc([N+](=O)[O-])cc2)C(=O)O1. The highest BCUT2D eigenvalue weighted by molar-refractivity contribution is 6.15. The first-order valence-corrected chi connectivity index (χ1v) is 12.5. The molecule has 0 unspecified atom stereocenters. The van der Waals surface area contributed by atoms with E-state index in [1.165, 1.54) is 38.1 Å². The van der Waals surface area contributed by atoms with E-state index in [9.17, 15) is 29.3 Å². The Morgan fingerprint density at radius 2 is 1.68 bits per heavy atom. The molecule has 0 saturated carbocycles. The molecule has 40 heavy (non-hydrogen) atoms. The molecule has 2 aromatic carbocycles. The number of alkyl carbamates (subject to hydrolysis) is 1. The van der Waals surface area contributed by atoms with Gasteiger partial charge in [0.1, 0.15) is 12.6 Å². The first-order chi connectivity index (χ1) is 19.0. The van der Waals surface area contributed by atoms with Crippen LogP contribution in [0.5, 0.6) is 0 Å². The molecule has 212 valence electrons. The third-order valence-electron chi connectivity index (χ3n) is 5.61. The van der Waals surface area contributed by atoms with E-state index in [0.29, 0.717) is 25.1 Å². The highest BCUT2D eigenvalue weighted by Gasteiger charge is 2.39. The van der Waals surface area contributed by atoms with Crippen molar-refractivity contribution in [1.82, 2.24) is 10.6 Å². The van der Waals surface area contributed by atoms with Crippen LogP contribution in [0.2, 0.25) is 0 Å². The van der Waals surface area contributed by atoms with E-state index in [4.69, 9.17) is 14.2 Å². The number of nitrogens with zero attached hydrogens (tertiary/aromatic N) is 1. The number of nitro groups is 1. The van der Waals surface area contributed by atoms with Crippen LogP contribution >= 0.6 is 0 Å². The third-order valence-corrected chi connectivity index (χ3v) is 5.61. The third kappa shape index (κ3) is 9.11. The molecule has 1 heterocycles. The number of nitro benzene ring substituents is 1. The van der Waals surface area contributed by atoms with Gasteiger partial charge in [-0.05, 0) is 37.0 Å². The Morgan fingerprint density at radius 3 is 2.30 bits per heavy atom. The normalized spacial score (nSPS) is 14.7. The van der Waals surface area contributed by atoms with Gasteiger partial charge in [-0.3, -0.25) is 14.9 Å². The number of unbranched alkanes of at least 4 members (excludes halogenated alkanes) is 1. The molecule has 0 bridgehead atoms. The van der Waals surface area contributed by atoms with Crippen LogP contribution in [0.4, 0.5) is 16.2 Å². The van der Waals surface area contributed by atoms with Crippen LogP contribution in [0.15, 0.2) is 66.4 Å². The van der Waals surface area contributed by atoms with E-state index >= 15 is 0 Å². The number of anilines is 1. The number of cyclic esters (lactones) is 2. The largest absolute Gasteiger partial charge is 0.445 e. The van der Waals surface area contributed by atoms with Crippen LogP contribution in [0.1, 0.15) is 38.7 Å². The highest BCUT2D eigenvalue weighted by atomic mass is 16.7. The number of carbonyl (C=O) groups is 4. The maximum absolute atomic E-state index is 13.0. The maximum atomic E-state index is 13.0. The number of hydrogen-bond acceptors (Lipinski definition) is 10. The lowest BCUT2D eigenvalue weighted by Crippen LogP contribution is -2.43. The number of hydrogen-bond donors (Lipinski definition) is 3. The molecule has 2 amide bonds. The van der Waals surface area contributed by atoms with Gasteiger partial charge in [-0.15, -0.1) is 0 Å². The van der Waals surface area contributed by atoms with E-state index in [0.717, 1.165) is 11.8 Å². The summed E-state index contributed by atoms with van der Waals surface area (Å²) in [5.41, 5.74) is 0.630. The smallest absolute Gasteiger partial charge is 0.407 e. The van der Waals surface area contributed by atoms with Crippen LogP contribution in [0, 0.1) is 10.1 Å². The molecule has 1 fully saturated rings. The van der Waals surface area contributed by atoms with Gasteiger partial charge in [0.2, 0.25) is 5.91 Å². The Morgan fingerprint density at radius 1 is 1.02 bits per heavy atom. The van der Waals surface area contributed by atoms with Crippen LogP contribution in [0.25, 0.3) is 0 Å². The molecule has 3 rings (SSSR count). The summed E-state index contributed by atoms with van der Waals surface area (Å²) in [5, 5.41) is 18.9. The Balaban J connectivity index is 1.56. The summed E-state index contributed by atoms with van der Waals surface area (Å²) < 4.78 is 15.3. The fourth-order valence-corrected chi connectivity index (χ4v) is 3.59. The number of ether oxygens (including phenoxy) is 3. The van der Waals surface area contributed by atoms with Crippen LogP contribution in [0.3, 0.4) is 0 Å². The summed E-state index contributed by atoms with van der Waals surface area (Å²) in [6, 6.07) is 13.6. The number of amides is 2. The first kappa shape index (κ1) is 29.6.